The van der Waals surface area contributed by atoms with E-state index in [4.69, 9.17) is 0 Å². The fourth-order valence-electron chi connectivity index (χ4n) is 0.805. The summed E-state index contributed by atoms with van der Waals surface area (Å²) in [5.41, 5.74) is 0. The second kappa shape index (κ2) is 4.30. The van der Waals surface area contributed by atoms with Crippen molar-refractivity contribution >= 4 is 5.84 Å². The standard InChI is InChI=1S/C8H13F3N2/c1-12(2)7(13(3)4)5-6-8(9,10)11/h5H,1-4H3. The molecule has 0 unspecified atom stereocenters. The predicted molar refractivity (Wildman–Crippen MR) is 44.7 cm³/mol. The zero-order valence-corrected chi connectivity index (χ0v) is 8.11. The number of alkyl halides is 3. The molecule has 0 atom stereocenters. The summed E-state index contributed by atoms with van der Waals surface area (Å²) < 4.78 is 36.8. The van der Waals surface area contributed by atoms with Gasteiger partial charge in [0, 0.05) is 0 Å². The van der Waals surface area contributed by atoms with Gasteiger partial charge >= 0.3 is 6.18 Å². The Balaban J connectivity index is 4.67. The highest BCUT2D eigenvalue weighted by Gasteiger charge is 2.15. The monoisotopic (exact) mass is 194 g/mol. The molecule has 0 heterocycles. The van der Waals surface area contributed by atoms with Gasteiger partial charge in [0.1, 0.15) is 5.84 Å². The minimum atomic E-state index is -4.38. The fourth-order valence-corrected chi connectivity index (χ4v) is 0.805. The topological polar surface area (TPSA) is 6.25 Å². The van der Waals surface area contributed by atoms with Gasteiger partial charge in [-0.05, 0) is 0 Å². The number of allylic oxidation sites excluding steroid dienone is 1. The summed E-state index contributed by atoms with van der Waals surface area (Å²) in [6, 6.07) is 0. The highest BCUT2D eigenvalue weighted by Crippen LogP contribution is 2.14. The largest absolute Gasteiger partial charge is 0.346 e. The van der Waals surface area contributed by atoms with Gasteiger partial charge in [-0.3, -0.25) is 0 Å². The van der Waals surface area contributed by atoms with Crippen molar-refractivity contribution in [3.63, 3.8) is 0 Å². The number of hydrogen-bond acceptors (Lipinski definition) is 0. The molecule has 0 aromatic heterocycles. The van der Waals surface area contributed by atoms with Crippen molar-refractivity contribution in [2.45, 2.75) is 6.18 Å². The van der Waals surface area contributed by atoms with Gasteiger partial charge in [-0.15, -0.1) is 6.08 Å². The lowest BCUT2D eigenvalue weighted by atomic mass is 10.4. The molecule has 0 bridgehead atoms. The lowest BCUT2D eigenvalue weighted by Gasteiger charge is -2.16. The van der Waals surface area contributed by atoms with Crippen molar-refractivity contribution in [2.24, 2.45) is 0 Å². The molecule has 0 aliphatic heterocycles. The minimum absolute atomic E-state index is 0.442. The molecule has 0 N–H and O–H groups in total. The van der Waals surface area contributed by atoms with Crippen LogP contribution in [-0.4, -0.2) is 49.7 Å². The molecule has 0 radical (unpaired) electrons. The summed E-state index contributed by atoms with van der Waals surface area (Å²) in [6.45, 7) is 0. The molecule has 5 heteroatoms. The quantitative estimate of drug-likeness (QED) is 0.262. The SMILES string of the molecule is CN(C)C(C=[C-]C(F)(F)F)=[N+](C)C. The Morgan fingerprint density at radius 2 is 1.77 bits per heavy atom. The summed E-state index contributed by atoms with van der Waals surface area (Å²) in [5.74, 6) is 0.442. The molecule has 0 amide bonds. The number of rotatable bonds is 1. The number of amidine groups is 1. The zero-order chi connectivity index (χ0) is 10.6. The van der Waals surface area contributed by atoms with Crippen molar-refractivity contribution in [2.75, 3.05) is 28.2 Å². The van der Waals surface area contributed by atoms with Gasteiger partial charge in [-0.1, -0.05) is 0 Å². The van der Waals surface area contributed by atoms with Crippen LogP contribution in [0.25, 0.3) is 0 Å². The van der Waals surface area contributed by atoms with Crippen LogP contribution in [-0.2, 0) is 0 Å². The first kappa shape index (κ1) is 12.0. The maximum Gasteiger partial charge on any atom is 0.334 e. The first-order valence-electron chi connectivity index (χ1n) is 3.63. The number of hydrogen-bond donors (Lipinski definition) is 0. The van der Waals surface area contributed by atoms with Crippen LogP contribution in [0.2, 0.25) is 0 Å². The summed E-state index contributed by atoms with van der Waals surface area (Å²) in [4.78, 5) is 1.58. The number of nitrogens with zero attached hydrogens (tertiary/aromatic N) is 2. The van der Waals surface area contributed by atoms with Crippen molar-refractivity contribution in [1.82, 2.24) is 4.90 Å². The Kier molecular flexibility index (Phi) is 3.97. The van der Waals surface area contributed by atoms with E-state index in [-0.39, 0.29) is 0 Å². The van der Waals surface area contributed by atoms with Gasteiger partial charge < -0.3 is 9.48 Å². The van der Waals surface area contributed by atoms with E-state index in [1.807, 2.05) is 0 Å². The zero-order valence-electron chi connectivity index (χ0n) is 8.11. The minimum Gasteiger partial charge on any atom is -0.346 e. The van der Waals surface area contributed by atoms with Crippen LogP contribution in [0.5, 0.6) is 0 Å². The maximum absolute atomic E-state index is 11.8. The Bertz CT molecular complexity index is 222. The molecule has 0 saturated carbocycles. The number of likely N-dealkylation sites (N-methyl/N-ethyl adjacent to an activating group) is 1. The summed E-state index contributed by atoms with van der Waals surface area (Å²) in [6.07, 6.45) is -2.12. The van der Waals surface area contributed by atoms with Gasteiger partial charge in [0.15, 0.2) is 0 Å². The van der Waals surface area contributed by atoms with Crippen LogP contribution in [0.3, 0.4) is 0 Å². The van der Waals surface area contributed by atoms with Crippen LogP contribution in [0.4, 0.5) is 13.2 Å². The van der Waals surface area contributed by atoms with Crippen molar-refractivity contribution < 1.29 is 17.7 Å². The Morgan fingerprint density at radius 3 is 2.00 bits per heavy atom. The Morgan fingerprint density at radius 1 is 1.31 bits per heavy atom. The van der Waals surface area contributed by atoms with E-state index in [2.05, 4.69) is 0 Å². The maximum atomic E-state index is 11.8. The Hall–Kier alpha value is -1.00. The second-order valence-electron chi connectivity index (χ2n) is 2.93. The van der Waals surface area contributed by atoms with Gasteiger partial charge in [0.2, 0.25) is 0 Å². The van der Waals surface area contributed by atoms with E-state index < -0.39 is 6.18 Å². The average molecular weight is 194 g/mol. The smallest absolute Gasteiger partial charge is 0.334 e. The molecule has 0 aromatic rings. The molecule has 13 heavy (non-hydrogen) atoms. The molecule has 0 aliphatic carbocycles. The summed E-state index contributed by atoms with van der Waals surface area (Å²) in [7, 11) is 6.68. The first-order chi connectivity index (χ1) is 5.74. The Labute approximate surface area is 76.0 Å². The van der Waals surface area contributed by atoms with Gasteiger partial charge in [-0.2, -0.15) is 19.2 Å². The highest BCUT2D eigenvalue weighted by molar-refractivity contribution is 5.87. The molecule has 0 fully saturated rings. The predicted octanol–water partition coefficient (Wildman–Crippen LogP) is 1.14. The van der Waals surface area contributed by atoms with Crippen LogP contribution in [0.1, 0.15) is 0 Å². The van der Waals surface area contributed by atoms with E-state index in [0.717, 1.165) is 6.08 Å². The van der Waals surface area contributed by atoms with E-state index >= 15 is 0 Å². The lowest BCUT2D eigenvalue weighted by Crippen LogP contribution is -2.28. The van der Waals surface area contributed by atoms with E-state index in [1.54, 1.807) is 37.7 Å². The van der Waals surface area contributed by atoms with Crippen LogP contribution < -0.4 is 0 Å². The first-order valence-corrected chi connectivity index (χ1v) is 3.63. The third-order valence-electron chi connectivity index (χ3n) is 1.28. The third kappa shape index (κ3) is 5.27. The molecule has 76 valence electrons. The molecule has 2 nitrogen and oxygen atoms in total. The van der Waals surface area contributed by atoms with E-state index in [0.29, 0.717) is 5.84 Å². The average Bonchev–Trinajstić information content (AvgIpc) is 1.82. The van der Waals surface area contributed by atoms with Crippen molar-refractivity contribution in [3.05, 3.63) is 12.2 Å². The lowest BCUT2D eigenvalue weighted by molar-refractivity contribution is -0.468. The molecular weight excluding hydrogens is 181 g/mol. The fraction of sp³-hybridized carbons (Fsp3) is 0.625. The van der Waals surface area contributed by atoms with Crippen LogP contribution in [0.15, 0.2) is 6.08 Å². The molecule has 0 spiro atoms. The van der Waals surface area contributed by atoms with Crippen molar-refractivity contribution in [1.29, 1.82) is 0 Å². The van der Waals surface area contributed by atoms with Crippen LogP contribution >= 0.6 is 0 Å². The molecule has 0 saturated heterocycles. The van der Waals surface area contributed by atoms with E-state index in [9.17, 15) is 13.2 Å². The van der Waals surface area contributed by atoms with Gasteiger partial charge in [0.25, 0.3) is 0 Å². The van der Waals surface area contributed by atoms with Crippen molar-refractivity contribution in [3.8, 4) is 0 Å². The summed E-state index contributed by atoms with van der Waals surface area (Å²) >= 11 is 0. The summed E-state index contributed by atoms with van der Waals surface area (Å²) in [5, 5.41) is 0. The van der Waals surface area contributed by atoms with Crippen LogP contribution in [0, 0.1) is 6.08 Å². The second-order valence-corrected chi connectivity index (χ2v) is 2.93. The highest BCUT2D eigenvalue weighted by atomic mass is 19.4. The molecule has 0 aliphatic rings. The number of halogens is 3. The third-order valence-corrected chi connectivity index (χ3v) is 1.28. The molecule has 0 rings (SSSR count). The van der Waals surface area contributed by atoms with Gasteiger partial charge in [0.05, 0.1) is 28.2 Å². The molecular formula is C8H13F3N2. The normalized spacial score (nSPS) is 11.9. The molecule has 0 aromatic carbocycles. The van der Waals surface area contributed by atoms with Gasteiger partial charge in [-0.25, -0.2) is 0 Å². The van der Waals surface area contributed by atoms with E-state index in [1.165, 1.54) is 6.08 Å².